The summed E-state index contributed by atoms with van der Waals surface area (Å²) < 4.78 is 0. The quantitative estimate of drug-likeness (QED) is 0.774. The summed E-state index contributed by atoms with van der Waals surface area (Å²) in [5.41, 5.74) is 0.686. The molecule has 0 radical (unpaired) electrons. The van der Waals surface area contributed by atoms with Crippen molar-refractivity contribution in [2.45, 2.75) is 24.9 Å². The van der Waals surface area contributed by atoms with Gasteiger partial charge < -0.3 is 15.4 Å². The fourth-order valence-corrected chi connectivity index (χ4v) is 2.11. The van der Waals surface area contributed by atoms with Gasteiger partial charge in [-0.2, -0.15) is 0 Å². The molecule has 1 unspecified atom stereocenters. The molecule has 0 spiro atoms. The molecular formula is C15H17N3O2. The number of benzene rings is 1. The Morgan fingerprint density at radius 1 is 1.35 bits per heavy atom. The van der Waals surface area contributed by atoms with Crippen molar-refractivity contribution in [1.29, 1.82) is 0 Å². The van der Waals surface area contributed by atoms with Crippen LogP contribution in [0.25, 0.3) is 0 Å². The zero-order valence-electron chi connectivity index (χ0n) is 11.0. The van der Waals surface area contributed by atoms with Gasteiger partial charge in [-0.15, -0.1) is 0 Å². The first-order chi connectivity index (χ1) is 9.72. The van der Waals surface area contributed by atoms with Gasteiger partial charge >= 0.3 is 0 Å². The first-order valence-electron chi connectivity index (χ1n) is 6.80. The van der Waals surface area contributed by atoms with Crippen LogP contribution in [0.3, 0.4) is 0 Å². The minimum atomic E-state index is -0.623. The molecule has 1 aliphatic rings. The molecule has 5 nitrogen and oxygen atoms in total. The maximum absolute atomic E-state index is 11.6. The van der Waals surface area contributed by atoms with Crippen LogP contribution in [0, 0.1) is 0 Å². The number of nitrogens with one attached hydrogen (secondary N) is 2. The van der Waals surface area contributed by atoms with Crippen LogP contribution >= 0.6 is 0 Å². The third-order valence-corrected chi connectivity index (χ3v) is 3.38. The van der Waals surface area contributed by atoms with Crippen LogP contribution in [0.2, 0.25) is 0 Å². The van der Waals surface area contributed by atoms with Gasteiger partial charge in [0.25, 0.3) is 5.56 Å². The molecule has 1 aliphatic carbocycles. The number of hydrogen-bond donors (Lipinski definition) is 3. The van der Waals surface area contributed by atoms with E-state index in [1.54, 1.807) is 0 Å². The predicted octanol–water partition coefficient (Wildman–Crippen LogP) is 1.79. The van der Waals surface area contributed by atoms with E-state index in [1.165, 1.54) is 6.07 Å². The minimum Gasteiger partial charge on any atom is -0.387 e. The van der Waals surface area contributed by atoms with Gasteiger partial charge in [-0.25, -0.2) is 4.98 Å². The van der Waals surface area contributed by atoms with Gasteiger partial charge in [-0.1, -0.05) is 30.3 Å². The highest BCUT2D eigenvalue weighted by Crippen LogP contribution is 2.37. The van der Waals surface area contributed by atoms with Crippen LogP contribution in [-0.2, 0) is 0 Å². The third-order valence-electron chi connectivity index (χ3n) is 3.38. The molecule has 1 atom stereocenters. The van der Waals surface area contributed by atoms with Gasteiger partial charge in [0, 0.05) is 18.5 Å². The lowest BCUT2D eigenvalue weighted by atomic mass is 10.1. The lowest BCUT2D eigenvalue weighted by Gasteiger charge is -2.12. The molecule has 0 aliphatic heterocycles. The monoisotopic (exact) mass is 271 g/mol. The SMILES string of the molecule is O=c1cc(NCC(O)c2ccccc2)nc(C2CC2)[nH]1. The standard InChI is InChI=1S/C15H17N3O2/c19-12(10-4-2-1-3-5-10)9-16-13-8-14(20)18-15(17-13)11-6-7-11/h1-5,8,11-12,19H,6-7,9H2,(H2,16,17,18,20). The van der Waals surface area contributed by atoms with E-state index < -0.39 is 6.10 Å². The number of anilines is 1. The van der Waals surface area contributed by atoms with Crippen molar-refractivity contribution in [3.8, 4) is 0 Å². The van der Waals surface area contributed by atoms with Crippen molar-refractivity contribution in [3.63, 3.8) is 0 Å². The molecule has 1 aromatic carbocycles. The molecule has 20 heavy (non-hydrogen) atoms. The van der Waals surface area contributed by atoms with E-state index in [-0.39, 0.29) is 5.56 Å². The van der Waals surface area contributed by atoms with E-state index in [2.05, 4.69) is 15.3 Å². The van der Waals surface area contributed by atoms with E-state index in [9.17, 15) is 9.90 Å². The first-order valence-corrected chi connectivity index (χ1v) is 6.80. The van der Waals surface area contributed by atoms with Gasteiger partial charge in [-0.3, -0.25) is 4.79 Å². The summed E-state index contributed by atoms with van der Waals surface area (Å²) in [4.78, 5) is 18.7. The fourth-order valence-electron chi connectivity index (χ4n) is 2.11. The number of H-pyrrole nitrogens is 1. The lowest BCUT2D eigenvalue weighted by molar-refractivity contribution is 0.191. The van der Waals surface area contributed by atoms with Crippen LogP contribution in [-0.4, -0.2) is 21.6 Å². The topological polar surface area (TPSA) is 78.0 Å². The summed E-state index contributed by atoms with van der Waals surface area (Å²) in [6, 6.07) is 10.8. The first kappa shape index (κ1) is 12.9. The fraction of sp³-hybridized carbons (Fsp3) is 0.333. The number of aliphatic hydroxyl groups excluding tert-OH is 1. The van der Waals surface area contributed by atoms with Crippen LogP contribution < -0.4 is 10.9 Å². The molecule has 0 saturated heterocycles. The molecule has 0 bridgehead atoms. The number of aliphatic hydroxyl groups is 1. The molecule has 1 fully saturated rings. The Hall–Kier alpha value is -2.14. The largest absolute Gasteiger partial charge is 0.387 e. The average Bonchev–Trinajstić information content (AvgIpc) is 3.30. The molecule has 1 aromatic heterocycles. The molecule has 1 heterocycles. The van der Waals surface area contributed by atoms with Crippen molar-refractivity contribution < 1.29 is 5.11 Å². The Kier molecular flexibility index (Phi) is 3.52. The summed E-state index contributed by atoms with van der Waals surface area (Å²) >= 11 is 0. The van der Waals surface area contributed by atoms with Gasteiger partial charge in [0.1, 0.15) is 11.6 Å². The van der Waals surface area contributed by atoms with Crippen LogP contribution in [0.5, 0.6) is 0 Å². The van der Waals surface area contributed by atoms with Gasteiger partial charge in [-0.05, 0) is 18.4 Å². The summed E-state index contributed by atoms with van der Waals surface area (Å²) in [7, 11) is 0. The average molecular weight is 271 g/mol. The molecule has 5 heteroatoms. The maximum atomic E-state index is 11.6. The highest BCUT2D eigenvalue weighted by Gasteiger charge is 2.26. The number of nitrogens with zero attached hydrogens (tertiary/aromatic N) is 1. The Morgan fingerprint density at radius 3 is 2.80 bits per heavy atom. The highest BCUT2D eigenvalue weighted by molar-refractivity contribution is 5.34. The van der Waals surface area contributed by atoms with Crippen molar-refractivity contribution in [2.75, 3.05) is 11.9 Å². The Bertz CT molecular complexity index is 635. The summed E-state index contributed by atoms with van der Waals surface area (Å²) in [6.45, 7) is 0.324. The molecule has 1 saturated carbocycles. The van der Waals surface area contributed by atoms with Crippen molar-refractivity contribution in [3.05, 3.63) is 58.1 Å². The van der Waals surface area contributed by atoms with E-state index in [1.807, 2.05) is 30.3 Å². The molecule has 2 aromatic rings. The van der Waals surface area contributed by atoms with Crippen LogP contribution in [0.4, 0.5) is 5.82 Å². The van der Waals surface area contributed by atoms with Crippen molar-refractivity contribution >= 4 is 5.82 Å². The number of aromatic nitrogens is 2. The maximum Gasteiger partial charge on any atom is 0.252 e. The summed E-state index contributed by atoms with van der Waals surface area (Å²) in [5, 5.41) is 13.1. The summed E-state index contributed by atoms with van der Waals surface area (Å²) in [6.07, 6.45) is 1.54. The highest BCUT2D eigenvalue weighted by atomic mass is 16.3. The molecule has 3 rings (SSSR count). The third kappa shape index (κ3) is 3.05. The second kappa shape index (κ2) is 5.46. The predicted molar refractivity (Wildman–Crippen MR) is 76.7 cm³/mol. The number of aromatic amines is 1. The van der Waals surface area contributed by atoms with Crippen LogP contribution in [0.1, 0.15) is 36.3 Å². The van der Waals surface area contributed by atoms with Crippen LogP contribution in [0.15, 0.2) is 41.2 Å². The Balaban J connectivity index is 1.67. The number of hydrogen-bond acceptors (Lipinski definition) is 4. The Labute approximate surface area is 116 Å². The van der Waals surface area contributed by atoms with Gasteiger partial charge in [0.05, 0.1) is 6.10 Å². The van der Waals surface area contributed by atoms with E-state index in [0.717, 1.165) is 24.2 Å². The molecular weight excluding hydrogens is 254 g/mol. The minimum absolute atomic E-state index is 0.154. The summed E-state index contributed by atoms with van der Waals surface area (Å²) in [5.74, 6) is 1.66. The molecule has 104 valence electrons. The van der Waals surface area contributed by atoms with Gasteiger partial charge in [0.15, 0.2) is 0 Å². The second-order valence-corrected chi connectivity index (χ2v) is 5.10. The normalized spacial score (nSPS) is 15.8. The Morgan fingerprint density at radius 2 is 2.10 bits per heavy atom. The van der Waals surface area contributed by atoms with E-state index >= 15 is 0 Å². The van der Waals surface area contributed by atoms with Crippen molar-refractivity contribution in [2.24, 2.45) is 0 Å². The van der Waals surface area contributed by atoms with E-state index in [4.69, 9.17) is 0 Å². The zero-order chi connectivity index (χ0) is 13.9. The zero-order valence-corrected chi connectivity index (χ0v) is 11.0. The molecule has 0 amide bonds. The van der Waals surface area contributed by atoms with E-state index in [0.29, 0.717) is 18.3 Å². The van der Waals surface area contributed by atoms with Gasteiger partial charge in [0.2, 0.25) is 0 Å². The van der Waals surface area contributed by atoms with Crippen molar-refractivity contribution in [1.82, 2.24) is 9.97 Å². The smallest absolute Gasteiger partial charge is 0.252 e. The second-order valence-electron chi connectivity index (χ2n) is 5.10. The number of rotatable bonds is 5. The molecule has 3 N–H and O–H groups in total. The lowest BCUT2D eigenvalue weighted by Crippen LogP contribution is -2.17.